The van der Waals surface area contributed by atoms with Gasteiger partial charge in [-0.3, -0.25) is 14.3 Å². The molecule has 3 aromatic rings. The molecule has 0 aliphatic rings. The van der Waals surface area contributed by atoms with Crippen LogP contribution in [0.15, 0.2) is 79.1 Å². The molecule has 0 aliphatic carbocycles. The Morgan fingerprint density at radius 1 is 1.22 bits per heavy atom. The Kier molecular flexibility index (Phi) is 7.90. The van der Waals surface area contributed by atoms with Gasteiger partial charge in [-0.25, -0.2) is 4.98 Å². The lowest BCUT2D eigenvalue weighted by Gasteiger charge is -2.18. The molecule has 1 N–H and O–H groups in total. The third-order valence-corrected chi connectivity index (χ3v) is 5.76. The zero-order chi connectivity index (χ0) is 23.1. The third-order valence-electron chi connectivity index (χ3n) is 5.76. The van der Waals surface area contributed by atoms with Crippen LogP contribution in [0.2, 0.25) is 0 Å². The molecule has 0 aliphatic heterocycles. The Balaban J connectivity index is 1.87. The fourth-order valence-electron chi connectivity index (χ4n) is 3.91. The minimum atomic E-state index is -0.671. The maximum Gasteiger partial charge on any atom is 0.254 e. The number of nitrogens with zero attached hydrogens (tertiary/aromatic N) is 3. The van der Waals surface area contributed by atoms with E-state index in [9.17, 15) is 9.90 Å². The van der Waals surface area contributed by atoms with E-state index in [1.54, 1.807) is 29.4 Å². The zero-order valence-electron chi connectivity index (χ0n) is 18.9. The molecule has 5 nitrogen and oxygen atoms in total. The van der Waals surface area contributed by atoms with Crippen molar-refractivity contribution >= 4 is 5.57 Å². The van der Waals surface area contributed by atoms with Gasteiger partial charge in [-0.2, -0.15) is 0 Å². The average molecular weight is 430 g/mol. The Hall–Kier alpha value is -3.31. The van der Waals surface area contributed by atoms with Crippen molar-refractivity contribution in [3.05, 3.63) is 101 Å². The summed E-state index contributed by atoms with van der Waals surface area (Å²) in [5.74, 6) is 0. The van der Waals surface area contributed by atoms with E-state index in [2.05, 4.69) is 37.0 Å². The van der Waals surface area contributed by atoms with Crippen LogP contribution in [-0.4, -0.2) is 19.6 Å². The van der Waals surface area contributed by atoms with Crippen LogP contribution in [0.5, 0.6) is 0 Å². The van der Waals surface area contributed by atoms with Crippen molar-refractivity contribution in [1.29, 1.82) is 0 Å². The number of allylic oxidation sites excluding steroid dienone is 1. The van der Waals surface area contributed by atoms with Gasteiger partial charge in [0.1, 0.15) is 0 Å². The third kappa shape index (κ3) is 5.29. The monoisotopic (exact) mass is 429 g/mol. The SMILES string of the molecule is C=CC(O)c1ccc(CC(=C)c2cnccc2-c2cc(=O)n([C@H](CC)CCC)cn2)cc1. The second-order valence-electron chi connectivity index (χ2n) is 7.99. The Morgan fingerprint density at radius 2 is 1.97 bits per heavy atom. The maximum absolute atomic E-state index is 12.8. The van der Waals surface area contributed by atoms with Crippen LogP contribution in [0.4, 0.5) is 0 Å². The van der Waals surface area contributed by atoms with Gasteiger partial charge in [0.05, 0.1) is 18.1 Å². The van der Waals surface area contributed by atoms with Crippen LogP contribution in [-0.2, 0) is 6.42 Å². The summed E-state index contributed by atoms with van der Waals surface area (Å²) >= 11 is 0. The van der Waals surface area contributed by atoms with Crippen LogP contribution in [0.1, 0.15) is 61.9 Å². The first-order valence-corrected chi connectivity index (χ1v) is 11.1. The number of hydrogen-bond acceptors (Lipinski definition) is 4. The minimum absolute atomic E-state index is 0.0416. The van der Waals surface area contributed by atoms with Gasteiger partial charge < -0.3 is 5.11 Å². The number of aliphatic hydroxyl groups excluding tert-OH is 1. The molecule has 0 spiro atoms. The molecule has 1 unspecified atom stereocenters. The summed E-state index contributed by atoms with van der Waals surface area (Å²) in [6, 6.07) is 11.4. The number of rotatable bonds is 10. The molecule has 0 bridgehead atoms. The first kappa shape index (κ1) is 23.4. The highest BCUT2D eigenvalue weighted by Crippen LogP contribution is 2.28. The van der Waals surface area contributed by atoms with E-state index in [1.165, 1.54) is 6.08 Å². The van der Waals surface area contributed by atoms with Crippen molar-refractivity contribution in [3.8, 4) is 11.3 Å². The maximum atomic E-state index is 12.8. The van der Waals surface area contributed by atoms with Gasteiger partial charge in [0.15, 0.2) is 0 Å². The second kappa shape index (κ2) is 10.8. The molecule has 5 heteroatoms. The summed E-state index contributed by atoms with van der Waals surface area (Å²) < 4.78 is 1.74. The lowest BCUT2D eigenvalue weighted by Crippen LogP contribution is -2.24. The normalized spacial score (nSPS) is 12.8. The number of pyridine rings is 1. The standard InChI is InChI=1S/C27H31N3O2/c1-5-8-22(6-2)30-18-29-25(16-27(30)32)23-13-14-28-17-24(23)19(4)15-20-9-11-21(12-10-20)26(31)7-3/h7,9-14,16-18,22,26,31H,3-6,8,15H2,1-2H3/t22-,26?/m1/s1. The number of benzene rings is 1. The summed E-state index contributed by atoms with van der Waals surface area (Å²) in [7, 11) is 0. The molecule has 0 fully saturated rings. The molecule has 3 rings (SSSR count). The first-order valence-electron chi connectivity index (χ1n) is 11.1. The molecule has 0 radical (unpaired) electrons. The molecule has 2 atom stereocenters. The van der Waals surface area contributed by atoms with Gasteiger partial charge in [-0.1, -0.05) is 57.2 Å². The van der Waals surface area contributed by atoms with Crippen molar-refractivity contribution in [3.63, 3.8) is 0 Å². The van der Waals surface area contributed by atoms with E-state index in [1.807, 2.05) is 30.3 Å². The number of aliphatic hydroxyl groups is 1. The quantitative estimate of drug-likeness (QED) is 0.430. The van der Waals surface area contributed by atoms with Gasteiger partial charge in [-0.05, 0) is 42.0 Å². The highest BCUT2D eigenvalue weighted by atomic mass is 16.3. The van der Waals surface area contributed by atoms with E-state index >= 15 is 0 Å². The highest BCUT2D eigenvalue weighted by Gasteiger charge is 2.14. The lowest BCUT2D eigenvalue weighted by molar-refractivity contribution is 0.229. The molecular formula is C27H31N3O2. The summed E-state index contributed by atoms with van der Waals surface area (Å²) in [5.41, 5.74) is 5.05. The van der Waals surface area contributed by atoms with Crippen molar-refractivity contribution in [2.45, 2.75) is 51.7 Å². The van der Waals surface area contributed by atoms with Gasteiger partial charge in [0.25, 0.3) is 5.56 Å². The largest absolute Gasteiger partial charge is 0.384 e. The summed E-state index contributed by atoms with van der Waals surface area (Å²) in [6.45, 7) is 12.1. The number of hydrogen-bond donors (Lipinski definition) is 1. The predicted octanol–water partition coefficient (Wildman–Crippen LogP) is 5.53. The molecule has 166 valence electrons. The van der Waals surface area contributed by atoms with E-state index in [0.29, 0.717) is 12.1 Å². The van der Waals surface area contributed by atoms with Crippen LogP contribution in [0, 0.1) is 0 Å². The van der Waals surface area contributed by atoms with E-state index in [0.717, 1.165) is 47.1 Å². The Morgan fingerprint density at radius 3 is 2.59 bits per heavy atom. The lowest BCUT2D eigenvalue weighted by atomic mass is 9.95. The molecular weight excluding hydrogens is 398 g/mol. The second-order valence-corrected chi connectivity index (χ2v) is 7.99. The summed E-state index contributed by atoms with van der Waals surface area (Å²) in [4.78, 5) is 21.7. The molecule has 0 amide bonds. The summed E-state index contributed by atoms with van der Waals surface area (Å²) in [5, 5.41) is 9.89. The van der Waals surface area contributed by atoms with E-state index in [-0.39, 0.29) is 11.6 Å². The predicted molar refractivity (Wildman–Crippen MR) is 130 cm³/mol. The molecule has 2 aromatic heterocycles. The molecule has 0 saturated heterocycles. The summed E-state index contributed by atoms with van der Waals surface area (Å²) in [6.07, 6.45) is 9.47. The van der Waals surface area contributed by atoms with Crippen molar-refractivity contribution in [2.75, 3.05) is 0 Å². The van der Waals surface area contributed by atoms with Crippen molar-refractivity contribution in [1.82, 2.24) is 14.5 Å². The van der Waals surface area contributed by atoms with Crippen LogP contribution < -0.4 is 5.56 Å². The van der Waals surface area contributed by atoms with E-state index < -0.39 is 6.10 Å². The molecule has 32 heavy (non-hydrogen) atoms. The molecule has 2 heterocycles. The van der Waals surface area contributed by atoms with Gasteiger partial charge in [0.2, 0.25) is 0 Å². The fraction of sp³-hybridized carbons (Fsp3) is 0.296. The Labute approximate surface area is 189 Å². The van der Waals surface area contributed by atoms with Crippen molar-refractivity contribution < 1.29 is 5.11 Å². The highest BCUT2D eigenvalue weighted by molar-refractivity contribution is 5.79. The zero-order valence-corrected chi connectivity index (χ0v) is 18.9. The number of aromatic nitrogens is 3. The van der Waals surface area contributed by atoms with Crippen LogP contribution in [0.3, 0.4) is 0 Å². The minimum Gasteiger partial charge on any atom is -0.384 e. The topological polar surface area (TPSA) is 68.0 Å². The van der Waals surface area contributed by atoms with Gasteiger partial charge in [0, 0.05) is 35.6 Å². The first-order chi connectivity index (χ1) is 15.5. The van der Waals surface area contributed by atoms with Crippen molar-refractivity contribution in [2.24, 2.45) is 0 Å². The Bertz CT molecular complexity index is 1130. The van der Waals surface area contributed by atoms with Crippen LogP contribution >= 0.6 is 0 Å². The molecule has 0 saturated carbocycles. The van der Waals surface area contributed by atoms with Gasteiger partial charge >= 0.3 is 0 Å². The average Bonchev–Trinajstić information content (AvgIpc) is 2.82. The molecule has 1 aromatic carbocycles. The van der Waals surface area contributed by atoms with Gasteiger partial charge in [-0.15, -0.1) is 6.58 Å². The van der Waals surface area contributed by atoms with E-state index in [4.69, 9.17) is 0 Å². The van der Waals surface area contributed by atoms with Crippen LogP contribution in [0.25, 0.3) is 16.8 Å². The smallest absolute Gasteiger partial charge is 0.254 e. The fourth-order valence-corrected chi connectivity index (χ4v) is 3.91.